The molecule has 0 N–H and O–H groups in total. The molecule has 0 aliphatic carbocycles. The van der Waals surface area contributed by atoms with Crippen LogP contribution in [0.1, 0.15) is 25.0 Å². The largest absolute Gasteiger partial charge is 0.489 e. The summed E-state index contributed by atoms with van der Waals surface area (Å²) in [7, 11) is 0. The van der Waals surface area contributed by atoms with Crippen LogP contribution in [0.5, 0.6) is 5.75 Å². The first kappa shape index (κ1) is 23.8. The molecule has 33 heavy (non-hydrogen) atoms. The lowest BCUT2D eigenvalue weighted by atomic mass is 9.93. The van der Waals surface area contributed by atoms with E-state index in [1.165, 1.54) is 6.92 Å². The quantitative estimate of drug-likeness (QED) is 0.348. The van der Waals surface area contributed by atoms with Crippen molar-refractivity contribution in [3.63, 3.8) is 0 Å². The predicted molar refractivity (Wildman–Crippen MR) is 122 cm³/mol. The van der Waals surface area contributed by atoms with Crippen molar-refractivity contribution in [2.45, 2.75) is 20.5 Å². The summed E-state index contributed by atoms with van der Waals surface area (Å²) in [5.74, 6) is -1.16. The van der Waals surface area contributed by atoms with Crippen LogP contribution in [0, 0.1) is 11.3 Å². The Hall–Kier alpha value is -3.89. The van der Waals surface area contributed by atoms with Crippen LogP contribution in [0.3, 0.4) is 0 Å². The molecule has 0 saturated heterocycles. The second-order valence-corrected chi connectivity index (χ2v) is 7.63. The van der Waals surface area contributed by atoms with Crippen molar-refractivity contribution in [1.29, 1.82) is 5.26 Å². The molecule has 168 valence electrons. The molecule has 0 fully saturated rings. The first-order chi connectivity index (χ1) is 15.8. The molecule has 8 heteroatoms. The van der Waals surface area contributed by atoms with E-state index in [9.17, 15) is 19.6 Å². The lowest BCUT2D eigenvalue weighted by Crippen LogP contribution is -2.44. The van der Waals surface area contributed by atoms with Crippen molar-refractivity contribution < 1.29 is 23.9 Å². The van der Waals surface area contributed by atoms with Gasteiger partial charge in [-0.2, -0.15) is 5.26 Å². The van der Waals surface area contributed by atoms with Gasteiger partial charge in [0.1, 0.15) is 30.6 Å². The monoisotopic (exact) mass is 464 g/mol. The molecule has 2 aromatic carbocycles. The number of carbonyl (C=O) groups excluding carboxylic acids is 3. The number of amides is 2. The standard InChI is InChI=1S/C25H21ClN2O5/c1-16-21(24(30)28(11-12-32-17(2)29)25(31)22(16)14-27)13-18-7-9-20(10-8-18)33-15-19-5-3-4-6-23(19)26/h3-10,13H,11-12,15H2,1-2H3/b21-13+. The van der Waals surface area contributed by atoms with Crippen molar-refractivity contribution in [2.75, 3.05) is 13.2 Å². The third-order valence-corrected chi connectivity index (χ3v) is 5.36. The van der Waals surface area contributed by atoms with Gasteiger partial charge in [-0.1, -0.05) is 41.9 Å². The highest BCUT2D eigenvalue weighted by molar-refractivity contribution is 6.31. The zero-order chi connectivity index (χ0) is 24.0. The van der Waals surface area contributed by atoms with Crippen LogP contribution in [-0.4, -0.2) is 35.8 Å². The maximum absolute atomic E-state index is 13.0. The third-order valence-electron chi connectivity index (χ3n) is 4.99. The molecule has 3 rings (SSSR count). The van der Waals surface area contributed by atoms with Crippen LogP contribution < -0.4 is 4.74 Å². The molecule has 1 aliphatic heterocycles. The van der Waals surface area contributed by atoms with Gasteiger partial charge >= 0.3 is 5.97 Å². The maximum atomic E-state index is 13.0. The highest BCUT2D eigenvalue weighted by atomic mass is 35.5. The SMILES string of the molecule is CC(=O)OCCN1C(=O)C(C#N)=C(C)/C(=C\c2ccc(OCc3ccccc3Cl)cc2)C1=O. The van der Waals surface area contributed by atoms with Crippen molar-refractivity contribution in [3.8, 4) is 11.8 Å². The number of ether oxygens (including phenoxy) is 2. The summed E-state index contributed by atoms with van der Waals surface area (Å²) in [6.45, 7) is 2.82. The maximum Gasteiger partial charge on any atom is 0.302 e. The third kappa shape index (κ3) is 5.68. The van der Waals surface area contributed by atoms with Gasteiger partial charge in [-0.05, 0) is 42.3 Å². The lowest BCUT2D eigenvalue weighted by molar-refractivity contribution is -0.147. The number of imide groups is 1. The molecule has 7 nitrogen and oxygen atoms in total. The number of nitrogens with zero attached hydrogens (tertiary/aromatic N) is 2. The van der Waals surface area contributed by atoms with Gasteiger partial charge in [0.25, 0.3) is 11.8 Å². The smallest absolute Gasteiger partial charge is 0.302 e. The van der Waals surface area contributed by atoms with Gasteiger partial charge in [0, 0.05) is 23.1 Å². The minimum atomic E-state index is -0.701. The minimum Gasteiger partial charge on any atom is -0.489 e. The van der Waals surface area contributed by atoms with Gasteiger partial charge in [0.15, 0.2) is 0 Å². The van der Waals surface area contributed by atoms with Gasteiger partial charge in [-0.25, -0.2) is 0 Å². The molecule has 0 spiro atoms. The molecule has 0 atom stereocenters. The molecule has 2 amide bonds. The molecule has 0 saturated carbocycles. The molecule has 0 radical (unpaired) electrons. The molecule has 2 aromatic rings. The number of rotatable bonds is 7. The van der Waals surface area contributed by atoms with Crippen LogP contribution >= 0.6 is 11.6 Å². The summed E-state index contributed by atoms with van der Waals surface area (Å²) in [6, 6.07) is 16.3. The Bertz CT molecular complexity index is 1190. The van der Waals surface area contributed by atoms with Crippen LogP contribution in [0.2, 0.25) is 5.02 Å². The summed E-state index contributed by atoms with van der Waals surface area (Å²) in [6.07, 6.45) is 1.61. The zero-order valence-electron chi connectivity index (χ0n) is 18.1. The van der Waals surface area contributed by atoms with E-state index in [2.05, 4.69) is 0 Å². The second-order valence-electron chi connectivity index (χ2n) is 7.22. The number of benzene rings is 2. The Morgan fingerprint density at radius 1 is 1.12 bits per heavy atom. The molecule has 0 aromatic heterocycles. The summed E-state index contributed by atoms with van der Waals surface area (Å²) >= 11 is 6.15. The number of halogens is 1. The van der Waals surface area contributed by atoms with Crippen molar-refractivity contribution in [2.24, 2.45) is 0 Å². The fourth-order valence-electron chi connectivity index (χ4n) is 3.22. The van der Waals surface area contributed by atoms with Gasteiger partial charge < -0.3 is 9.47 Å². The number of carbonyl (C=O) groups is 3. The Morgan fingerprint density at radius 3 is 2.45 bits per heavy atom. The molecule has 1 heterocycles. The summed E-state index contributed by atoms with van der Waals surface area (Å²) in [4.78, 5) is 37.4. The van der Waals surface area contributed by atoms with E-state index in [0.29, 0.717) is 28.5 Å². The van der Waals surface area contributed by atoms with Crippen LogP contribution in [-0.2, 0) is 25.7 Å². The number of hydrogen-bond donors (Lipinski definition) is 0. The van der Waals surface area contributed by atoms with Crippen molar-refractivity contribution in [1.82, 2.24) is 4.90 Å². The average Bonchev–Trinajstić information content (AvgIpc) is 2.79. The highest BCUT2D eigenvalue weighted by Gasteiger charge is 2.35. The minimum absolute atomic E-state index is 0.122. The van der Waals surface area contributed by atoms with Crippen LogP contribution in [0.25, 0.3) is 6.08 Å². The number of nitriles is 1. The van der Waals surface area contributed by atoms with Crippen LogP contribution in [0.4, 0.5) is 0 Å². The fourth-order valence-corrected chi connectivity index (χ4v) is 3.41. The van der Waals surface area contributed by atoms with Gasteiger partial charge in [-0.3, -0.25) is 19.3 Å². The zero-order valence-corrected chi connectivity index (χ0v) is 18.9. The van der Waals surface area contributed by atoms with E-state index >= 15 is 0 Å². The lowest BCUT2D eigenvalue weighted by Gasteiger charge is -2.27. The Kier molecular flexibility index (Phi) is 7.65. The number of hydrogen-bond acceptors (Lipinski definition) is 6. The van der Waals surface area contributed by atoms with E-state index in [4.69, 9.17) is 21.1 Å². The van der Waals surface area contributed by atoms with Crippen molar-refractivity contribution in [3.05, 3.63) is 81.4 Å². The first-order valence-electron chi connectivity index (χ1n) is 10.1. The van der Waals surface area contributed by atoms with E-state index in [0.717, 1.165) is 10.5 Å². The van der Waals surface area contributed by atoms with Gasteiger partial charge in [-0.15, -0.1) is 0 Å². The fraction of sp³-hybridized carbons (Fsp3) is 0.200. The first-order valence-corrected chi connectivity index (χ1v) is 10.5. The van der Waals surface area contributed by atoms with E-state index in [1.807, 2.05) is 24.3 Å². The second kappa shape index (κ2) is 10.6. The summed E-state index contributed by atoms with van der Waals surface area (Å²) in [5.41, 5.74) is 1.95. The topological polar surface area (TPSA) is 96.7 Å². The Labute approximate surface area is 196 Å². The normalized spacial score (nSPS) is 15.0. The molecule has 0 unspecified atom stereocenters. The molecular formula is C25H21ClN2O5. The average molecular weight is 465 g/mol. The summed E-state index contributed by atoms with van der Waals surface area (Å²) < 4.78 is 10.6. The van der Waals surface area contributed by atoms with Gasteiger partial charge in [0.05, 0.1) is 6.54 Å². The van der Waals surface area contributed by atoms with E-state index < -0.39 is 17.8 Å². The summed E-state index contributed by atoms with van der Waals surface area (Å²) in [5, 5.41) is 10.1. The Balaban J connectivity index is 1.79. The van der Waals surface area contributed by atoms with Crippen molar-refractivity contribution >= 4 is 35.5 Å². The molecular weight excluding hydrogens is 444 g/mol. The Morgan fingerprint density at radius 2 is 1.82 bits per heavy atom. The van der Waals surface area contributed by atoms with E-state index in [-0.39, 0.29) is 24.3 Å². The van der Waals surface area contributed by atoms with Gasteiger partial charge in [0.2, 0.25) is 0 Å². The highest BCUT2D eigenvalue weighted by Crippen LogP contribution is 2.27. The predicted octanol–water partition coefficient (Wildman–Crippen LogP) is 4.07. The van der Waals surface area contributed by atoms with E-state index in [1.54, 1.807) is 43.3 Å². The molecule has 1 aliphatic rings. The van der Waals surface area contributed by atoms with Crippen LogP contribution in [0.15, 0.2) is 65.3 Å². The molecule has 0 bridgehead atoms. The number of esters is 1.